The first-order valence-electron chi connectivity index (χ1n) is 5.12. The number of carbonyl (C=O) groups excluding carboxylic acids is 2. The molecule has 1 aliphatic rings. The van der Waals surface area contributed by atoms with Crippen LogP contribution in [-0.4, -0.2) is 65.8 Å². The van der Waals surface area contributed by atoms with Gasteiger partial charge in [-0.15, -0.1) is 0 Å². The van der Waals surface area contributed by atoms with Crippen molar-refractivity contribution in [3.8, 4) is 0 Å². The first-order chi connectivity index (χ1) is 8.06. The third kappa shape index (κ3) is 3.91. The number of nitrogens with two attached hydrogens (primary N) is 1. The van der Waals surface area contributed by atoms with Crippen molar-refractivity contribution in [1.82, 2.24) is 10.2 Å². The molecule has 0 aliphatic carbocycles. The van der Waals surface area contributed by atoms with Gasteiger partial charge in [0.05, 0.1) is 37.4 Å². The number of ether oxygens (including phenoxy) is 1. The Morgan fingerprint density at radius 2 is 2.29 bits per heavy atom. The maximum atomic E-state index is 11.7. The number of morpholine rings is 1. The van der Waals surface area contributed by atoms with E-state index in [9.17, 15) is 9.59 Å². The summed E-state index contributed by atoms with van der Waals surface area (Å²) in [6, 6.07) is -0.480. The number of nitrogens with one attached hydrogen (secondary N) is 1. The average Bonchev–Trinajstić information content (AvgIpc) is 2.34. The minimum absolute atomic E-state index is 0.0198. The van der Waals surface area contributed by atoms with E-state index in [0.29, 0.717) is 6.61 Å². The Hall–Kier alpha value is -1.25. The smallest absolute Gasteiger partial charge is 0.312 e. The van der Waals surface area contributed by atoms with Gasteiger partial charge in [0.1, 0.15) is 0 Å². The van der Waals surface area contributed by atoms with Crippen LogP contribution >= 0.6 is 12.2 Å². The molecule has 0 spiro atoms. The fourth-order valence-corrected chi connectivity index (χ4v) is 1.52. The Balaban J connectivity index is 2.54. The van der Waals surface area contributed by atoms with Gasteiger partial charge in [-0.3, -0.25) is 9.59 Å². The van der Waals surface area contributed by atoms with Crippen LogP contribution in [0.25, 0.3) is 0 Å². The summed E-state index contributed by atoms with van der Waals surface area (Å²) >= 11 is 4.58. The molecule has 1 aliphatic heterocycles. The lowest BCUT2D eigenvalue weighted by Crippen LogP contribution is -2.55. The highest BCUT2D eigenvalue weighted by molar-refractivity contribution is 7.80. The van der Waals surface area contributed by atoms with E-state index in [1.165, 1.54) is 4.90 Å². The highest BCUT2D eigenvalue weighted by Gasteiger charge is 2.30. The predicted molar refractivity (Wildman–Crippen MR) is 63.2 cm³/mol. The average molecular weight is 261 g/mol. The lowest BCUT2D eigenvalue weighted by Gasteiger charge is -2.33. The van der Waals surface area contributed by atoms with E-state index in [-0.39, 0.29) is 31.3 Å². The molecule has 0 radical (unpaired) electrons. The second-order valence-corrected chi connectivity index (χ2v) is 4.08. The normalized spacial score (nSPS) is 19.8. The molecule has 1 heterocycles. The maximum absolute atomic E-state index is 11.7. The second kappa shape index (κ2) is 6.48. The minimum Gasteiger partial charge on any atom is -0.394 e. The molecule has 17 heavy (non-hydrogen) atoms. The highest BCUT2D eigenvalue weighted by atomic mass is 32.1. The summed E-state index contributed by atoms with van der Waals surface area (Å²) in [5, 5.41) is 11.4. The van der Waals surface area contributed by atoms with Gasteiger partial charge in [-0.05, 0) is 0 Å². The number of nitrogens with zero attached hydrogens (tertiary/aromatic N) is 1. The number of aliphatic hydroxyl groups excluding tert-OH is 1. The Kier molecular flexibility index (Phi) is 5.26. The number of rotatable bonds is 3. The summed E-state index contributed by atoms with van der Waals surface area (Å²) in [5.41, 5.74) is 5.20. The first-order valence-corrected chi connectivity index (χ1v) is 5.52. The van der Waals surface area contributed by atoms with Crippen LogP contribution in [0.2, 0.25) is 0 Å². The molecular formula is C9H15N3O4S. The van der Waals surface area contributed by atoms with Crippen LogP contribution in [0, 0.1) is 0 Å². The molecular weight excluding hydrogens is 246 g/mol. The van der Waals surface area contributed by atoms with E-state index in [0.717, 1.165) is 0 Å². The molecule has 7 nitrogen and oxygen atoms in total. The van der Waals surface area contributed by atoms with Crippen LogP contribution in [0.1, 0.15) is 0 Å². The number of aliphatic hydroxyl groups is 1. The molecule has 2 amide bonds. The summed E-state index contributed by atoms with van der Waals surface area (Å²) in [7, 11) is 0. The Bertz CT molecular complexity index is 323. The zero-order chi connectivity index (χ0) is 12.8. The van der Waals surface area contributed by atoms with Crippen LogP contribution in [0.15, 0.2) is 0 Å². The van der Waals surface area contributed by atoms with Gasteiger partial charge < -0.3 is 25.8 Å². The molecule has 0 aromatic carbocycles. The number of thiocarbonyl (C=S) groups is 1. The number of hydrogen-bond donors (Lipinski definition) is 3. The van der Waals surface area contributed by atoms with Gasteiger partial charge in [-0.2, -0.15) is 0 Å². The van der Waals surface area contributed by atoms with Crippen molar-refractivity contribution in [3.63, 3.8) is 0 Å². The van der Waals surface area contributed by atoms with Gasteiger partial charge in [0.2, 0.25) is 0 Å². The largest absolute Gasteiger partial charge is 0.394 e. The molecule has 0 saturated carbocycles. The quantitative estimate of drug-likeness (QED) is 0.387. The van der Waals surface area contributed by atoms with Crippen LogP contribution in [0.5, 0.6) is 0 Å². The molecule has 4 N–H and O–H groups in total. The Labute approximate surface area is 104 Å². The zero-order valence-electron chi connectivity index (χ0n) is 9.22. The van der Waals surface area contributed by atoms with E-state index >= 15 is 0 Å². The number of carbonyl (C=O) groups is 2. The van der Waals surface area contributed by atoms with Crippen LogP contribution < -0.4 is 11.1 Å². The lowest BCUT2D eigenvalue weighted by molar-refractivity contribution is -0.152. The predicted octanol–water partition coefficient (Wildman–Crippen LogP) is -2.39. The highest BCUT2D eigenvalue weighted by Crippen LogP contribution is 2.06. The monoisotopic (exact) mass is 261 g/mol. The maximum Gasteiger partial charge on any atom is 0.312 e. The third-order valence-electron chi connectivity index (χ3n) is 2.32. The van der Waals surface area contributed by atoms with E-state index in [1.54, 1.807) is 0 Å². The molecule has 1 saturated heterocycles. The summed E-state index contributed by atoms with van der Waals surface area (Å²) in [4.78, 5) is 24.6. The molecule has 0 bridgehead atoms. The molecule has 8 heteroatoms. The summed E-state index contributed by atoms with van der Waals surface area (Å²) in [6.45, 7) is 0.600. The molecule has 0 aromatic rings. The number of amides is 2. The standard InChI is InChI=1S/C9H15N3O4S/c10-7(17)3-11-8(14)9(15)12-1-2-16-5-6(12)4-13/h6,13H,1-5H2,(H2,10,17)(H,11,14). The van der Waals surface area contributed by atoms with Crippen LogP contribution in [-0.2, 0) is 14.3 Å². The summed E-state index contributed by atoms with van der Waals surface area (Å²) in [6.07, 6.45) is 0. The summed E-state index contributed by atoms with van der Waals surface area (Å²) < 4.78 is 5.10. The van der Waals surface area contributed by atoms with Crippen LogP contribution in [0.3, 0.4) is 0 Å². The van der Waals surface area contributed by atoms with Crippen molar-refractivity contribution in [2.45, 2.75) is 6.04 Å². The van der Waals surface area contributed by atoms with Gasteiger partial charge in [0, 0.05) is 6.54 Å². The lowest BCUT2D eigenvalue weighted by atomic mass is 10.2. The fraction of sp³-hybridized carbons (Fsp3) is 0.667. The molecule has 1 fully saturated rings. The topological polar surface area (TPSA) is 105 Å². The second-order valence-electron chi connectivity index (χ2n) is 3.56. The third-order valence-corrected chi connectivity index (χ3v) is 2.46. The van der Waals surface area contributed by atoms with Crippen molar-refractivity contribution in [3.05, 3.63) is 0 Å². The molecule has 1 rings (SSSR count). The first kappa shape index (κ1) is 13.8. The Morgan fingerprint density at radius 3 is 2.88 bits per heavy atom. The van der Waals surface area contributed by atoms with E-state index in [2.05, 4.69) is 17.5 Å². The van der Waals surface area contributed by atoms with Gasteiger partial charge in [-0.1, -0.05) is 12.2 Å². The van der Waals surface area contributed by atoms with Crippen LogP contribution in [0.4, 0.5) is 0 Å². The van der Waals surface area contributed by atoms with Crippen molar-refractivity contribution in [1.29, 1.82) is 0 Å². The SMILES string of the molecule is NC(=S)CNC(=O)C(=O)N1CCOCC1CO. The van der Waals surface area contributed by atoms with Gasteiger partial charge in [0.25, 0.3) is 0 Å². The number of hydrogen-bond acceptors (Lipinski definition) is 5. The minimum atomic E-state index is -0.779. The molecule has 1 atom stereocenters. The van der Waals surface area contributed by atoms with Crippen molar-refractivity contribution < 1.29 is 19.4 Å². The van der Waals surface area contributed by atoms with E-state index in [1.807, 2.05) is 0 Å². The van der Waals surface area contributed by atoms with Gasteiger partial charge >= 0.3 is 11.8 Å². The van der Waals surface area contributed by atoms with Crippen molar-refractivity contribution >= 4 is 29.0 Å². The van der Waals surface area contributed by atoms with Gasteiger partial charge in [0.15, 0.2) is 0 Å². The zero-order valence-corrected chi connectivity index (χ0v) is 10.0. The summed E-state index contributed by atoms with van der Waals surface area (Å²) in [5.74, 6) is -1.48. The van der Waals surface area contributed by atoms with Crippen molar-refractivity contribution in [2.24, 2.45) is 5.73 Å². The van der Waals surface area contributed by atoms with E-state index < -0.39 is 17.9 Å². The van der Waals surface area contributed by atoms with Gasteiger partial charge in [-0.25, -0.2) is 0 Å². The Morgan fingerprint density at radius 1 is 1.59 bits per heavy atom. The molecule has 0 aromatic heterocycles. The molecule has 96 valence electrons. The molecule has 1 unspecified atom stereocenters. The van der Waals surface area contributed by atoms with E-state index in [4.69, 9.17) is 15.6 Å². The van der Waals surface area contributed by atoms with Crippen molar-refractivity contribution in [2.75, 3.05) is 32.9 Å². The fourth-order valence-electron chi connectivity index (χ4n) is 1.45.